The molecule has 1 atom stereocenters. The number of nitrogens with one attached hydrogen (secondary N) is 1. The number of amidine groups is 1. The van der Waals surface area contributed by atoms with E-state index in [1.165, 1.54) is 0 Å². The SMILES string of the molecule is Brc1ccc(C2=CC(c3ccccc3)N=C(c3ccc4c(c3)oc3ccccc34)N2)cc1. The molecule has 0 amide bonds. The van der Waals surface area contributed by atoms with Crippen LogP contribution < -0.4 is 5.32 Å². The molecule has 0 saturated heterocycles. The van der Waals surface area contributed by atoms with Gasteiger partial charge in [0.15, 0.2) is 0 Å². The topological polar surface area (TPSA) is 37.5 Å². The largest absolute Gasteiger partial charge is 0.456 e. The number of hydrogen-bond donors (Lipinski definition) is 1. The van der Waals surface area contributed by atoms with Crippen LogP contribution in [0.2, 0.25) is 0 Å². The van der Waals surface area contributed by atoms with Gasteiger partial charge in [-0.3, -0.25) is 4.99 Å². The summed E-state index contributed by atoms with van der Waals surface area (Å²) in [5.74, 6) is 0.835. The van der Waals surface area contributed by atoms with E-state index in [1.807, 2.05) is 24.3 Å². The number of fused-ring (bicyclic) bond motifs is 3. The lowest BCUT2D eigenvalue weighted by Gasteiger charge is -2.23. The second-order valence-corrected chi connectivity index (χ2v) is 8.77. The molecule has 1 aliphatic rings. The Morgan fingerprint density at radius 2 is 1.44 bits per heavy atom. The number of rotatable bonds is 3. The van der Waals surface area contributed by atoms with Crippen LogP contribution in [0.1, 0.15) is 22.7 Å². The Bertz CT molecular complexity index is 1500. The fourth-order valence-electron chi connectivity index (χ4n) is 4.17. The zero-order valence-corrected chi connectivity index (χ0v) is 18.7. The van der Waals surface area contributed by atoms with Gasteiger partial charge in [0.25, 0.3) is 0 Å². The smallest absolute Gasteiger partial charge is 0.136 e. The summed E-state index contributed by atoms with van der Waals surface area (Å²) in [5, 5.41) is 5.80. The van der Waals surface area contributed by atoms with Crippen LogP contribution in [0, 0.1) is 0 Å². The molecule has 5 aromatic rings. The first-order valence-electron chi connectivity index (χ1n) is 10.5. The molecule has 3 nitrogen and oxygen atoms in total. The van der Waals surface area contributed by atoms with E-state index in [1.54, 1.807) is 0 Å². The molecule has 1 unspecified atom stereocenters. The van der Waals surface area contributed by atoms with E-state index >= 15 is 0 Å². The van der Waals surface area contributed by atoms with E-state index in [-0.39, 0.29) is 6.04 Å². The van der Waals surface area contributed by atoms with Crippen molar-refractivity contribution >= 4 is 49.4 Å². The van der Waals surface area contributed by atoms with E-state index in [4.69, 9.17) is 9.41 Å². The summed E-state index contributed by atoms with van der Waals surface area (Å²) in [6, 6.07) is 33.1. The van der Waals surface area contributed by atoms with Crippen molar-refractivity contribution in [1.29, 1.82) is 0 Å². The van der Waals surface area contributed by atoms with Crippen LogP contribution in [0.25, 0.3) is 27.6 Å². The monoisotopic (exact) mass is 478 g/mol. The van der Waals surface area contributed by atoms with Crippen LogP contribution >= 0.6 is 15.9 Å². The highest BCUT2D eigenvalue weighted by atomic mass is 79.9. The lowest BCUT2D eigenvalue weighted by Crippen LogP contribution is -2.27. The highest BCUT2D eigenvalue weighted by Crippen LogP contribution is 2.32. The Morgan fingerprint density at radius 1 is 0.719 bits per heavy atom. The van der Waals surface area contributed by atoms with Crippen molar-refractivity contribution in [1.82, 2.24) is 5.32 Å². The van der Waals surface area contributed by atoms with Crippen molar-refractivity contribution in [3.05, 3.63) is 124 Å². The molecule has 154 valence electrons. The molecule has 0 radical (unpaired) electrons. The van der Waals surface area contributed by atoms with Gasteiger partial charge in [0.1, 0.15) is 17.0 Å². The number of nitrogens with zero attached hydrogens (tertiary/aromatic N) is 1. The predicted octanol–water partition coefficient (Wildman–Crippen LogP) is 7.48. The number of halogens is 1. The number of hydrogen-bond acceptors (Lipinski definition) is 3. The Labute approximate surface area is 194 Å². The van der Waals surface area contributed by atoms with Crippen molar-refractivity contribution in [2.45, 2.75) is 6.04 Å². The lowest BCUT2D eigenvalue weighted by atomic mass is 10.0. The molecular formula is C28H19BrN2O. The fourth-order valence-corrected chi connectivity index (χ4v) is 4.44. The minimum Gasteiger partial charge on any atom is -0.456 e. The van der Waals surface area contributed by atoms with Gasteiger partial charge < -0.3 is 9.73 Å². The molecule has 4 aromatic carbocycles. The molecule has 1 aliphatic heterocycles. The van der Waals surface area contributed by atoms with Gasteiger partial charge in [-0.1, -0.05) is 82.7 Å². The Morgan fingerprint density at radius 3 is 2.28 bits per heavy atom. The fraction of sp³-hybridized carbons (Fsp3) is 0.0357. The average Bonchev–Trinajstić information content (AvgIpc) is 3.23. The molecule has 0 aliphatic carbocycles. The Kier molecular flexibility index (Phi) is 4.66. The van der Waals surface area contributed by atoms with Gasteiger partial charge in [-0.15, -0.1) is 0 Å². The summed E-state index contributed by atoms with van der Waals surface area (Å²) in [5.41, 5.74) is 6.08. The van der Waals surface area contributed by atoms with Crippen molar-refractivity contribution < 1.29 is 4.42 Å². The molecular weight excluding hydrogens is 460 g/mol. The first-order valence-corrected chi connectivity index (χ1v) is 11.3. The van der Waals surface area contributed by atoms with Gasteiger partial charge in [-0.25, -0.2) is 0 Å². The summed E-state index contributed by atoms with van der Waals surface area (Å²) >= 11 is 3.53. The number of para-hydroxylation sites is 1. The van der Waals surface area contributed by atoms with Gasteiger partial charge in [-0.05, 0) is 47.5 Å². The Hall–Kier alpha value is -3.63. The maximum atomic E-state index is 6.12. The van der Waals surface area contributed by atoms with E-state index in [0.717, 1.165) is 54.6 Å². The van der Waals surface area contributed by atoms with E-state index in [0.29, 0.717) is 0 Å². The highest BCUT2D eigenvalue weighted by Gasteiger charge is 2.20. The molecule has 2 heterocycles. The highest BCUT2D eigenvalue weighted by molar-refractivity contribution is 9.10. The van der Waals surface area contributed by atoms with Crippen LogP contribution in [0.5, 0.6) is 0 Å². The standard InChI is InChI=1S/C28H19BrN2O/c29-21-13-10-19(11-14-21)25-17-24(18-6-2-1-3-7-18)30-28(31-25)20-12-15-23-22-8-4-5-9-26(22)32-27(23)16-20/h1-17,24H,(H,30,31). The molecule has 1 N–H and O–H groups in total. The third-order valence-electron chi connectivity index (χ3n) is 5.79. The van der Waals surface area contributed by atoms with E-state index in [2.05, 4.69) is 100 Å². The van der Waals surface area contributed by atoms with Gasteiger partial charge in [0.05, 0.1) is 6.04 Å². The summed E-state index contributed by atoms with van der Waals surface area (Å²) in [4.78, 5) is 5.05. The number of furan rings is 1. The number of benzene rings is 4. The van der Waals surface area contributed by atoms with Gasteiger partial charge in [0, 0.05) is 26.5 Å². The molecule has 0 fully saturated rings. The zero-order valence-electron chi connectivity index (χ0n) is 17.1. The Balaban J connectivity index is 1.46. The summed E-state index contributed by atoms with van der Waals surface area (Å²) in [6.45, 7) is 0. The van der Waals surface area contributed by atoms with Crippen LogP contribution in [-0.2, 0) is 0 Å². The maximum Gasteiger partial charge on any atom is 0.136 e. The first kappa shape index (κ1) is 19.1. The quantitative estimate of drug-likeness (QED) is 0.291. The second-order valence-electron chi connectivity index (χ2n) is 7.85. The van der Waals surface area contributed by atoms with Crippen molar-refractivity contribution in [3.63, 3.8) is 0 Å². The summed E-state index contributed by atoms with van der Waals surface area (Å²) in [7, 11) is 0. The van der Waals surface area contributed by atoms with Crippen LogP contribution in [0.3, 0.4) is 0 Å². The third kappa shape index (κ3) is 3.43. The lowest BCUT2D eigenvalue weighted by molar-refractivity contribution is 0.669. The molecule has 0 bridgehead atoms. The van der Waals surface area contributed by atoms with Crippen molar-refractivity contribution in [2.75, 3.05) is 0 Å². The minimum absolute atomic E-state index is 0.0718. The number of aliphatic imine (C=N–C) groups is 1. The molecule has 6 rings (SSSR count). The summed E-state index contributed by atoms with van der Waals surface area (Å²) in [6.07, 6.45) is 2.18. The van der Waals surface area contributed by atoms with E-state index < -0.39 is 0 Å². The van der Waals surface area contributed by atoms with Crippen molar-refractivity contribution in [2.24, 2.45) is 4.99 Å². The molecule has 4 heteroatoms. The van der Waals surface area contributed by atoms with Crippen LogP contribution in [0.15, 0.2) is 117 Å². The van der Waals surface area contributed by atoms with Gasteiger partial charge in [-0.2, -0.15) is 0 Å². The molecule has 0 spiro atoms. The van der Waals surface area contributed by atoms with E-state index in [9.17, 15) is 0 Å². The molecule has 0 saturated carbocycles. The second kappa shape index (κ2) is 7.81. The predicted molar refractivity (Wildman–Crippen MR) is 135 cm³/mol. The molecule has 1 aromatic heterocycles. The first-order chi connectivity index (χ1) is 15.7. The average molecular weight is 479 g/mol. The zero-order chi connectivity index (χ0) is 21.5. The summed E-state index contributed by atoms with van der Waals surface area (Å²) < 4.78 is 7.17. The van der Waals surface area contributed by atoms with Gasteiger partial charge >= 0.3 is 0 Å². The maximum absolute atomic E-state index is 6.12. The van der Waals surface area contributed by atoms with Crippen LogP contribution in [-0.4, -0.2) is 5.84 Å². The van der Waals surface area contributed by atoms with Crippen LogP contribution in [0.4, 0.5) is 0 Å². The molecule has 32 heavy (non-hydrogen) atoms. The van der Waals surface area contributed by atoms with Crippen molar-refractivity contribution in [3.8, 4) is 0 Å². The third-order valence-corrected chi connectivity index (χ3v) is 6.32. The minimum atomic E-state index is -0.0718. The van der Waals surface area contributed by atoms with Gasteiger partial charge in [0.2, 0.25) is 0 Å². The normalized spacial score (nSPS) is 16.0.